The van der Waals surface area contributed by atoms with E-state index in [9.17, 15) is 0 Å². The van der Waals surface area contributed by atoms with E-state index in [-0.39, 0.29) is 0 Å². The fourth-order valence-electron chi connectivity index (χ4n) is 2.40. The summed E-state index contributed by atoms with van der Waals surface area (Å²) < 4.78 is 0. The zero-order valence-electron chi connectivity index (χ0n) is 11.5. The number of aromatic amines is 1. The van der Waals surface area contributed by atoms with E-state index in [1.165, 1.54) is 16.3 Å². The number of benzene rings is 2. The van der Waals surface area contributed by atoms with Gasteiger partial charge >= 0.3 is 0 Å². The molecule has 0 unspecified atom stereocenters. The van der Waals surface area contributed by atoms with Gasteiger partial charge in [-0.1, -0.05) is 36.4 Å². The van der Waals surface area contributed by atoms with Gasteiger partial charge in [-0.15, -0.1) is 0 Å². The maximum absolute atomic E-state index is 4.22. The molecule has 0 radical (unpaired) electrons. The highest BCUT2D eigenvalue weighted by Gasteiger charge is 1.97. The smallest absolute Gasteiger partial charge is 0.106 e. The Morgan fingerprint density at radius 2 is 1.95 bits per heavy atom. The summed E-state index contributed by atoms with van der Waals surface area (Å²) in [5, 5.41) is 6.09. The molecule has 2 N–H and O–H groups in total. The lowest BCUT2D eigenvalue weighted by atomic mass is 10.1. The second-order valence-electron chi connectivity index (χ2n) is 5.00. The van der Waals surface area contributed by atoms with Gasteiger partial charge in [0.15, 0.2) is 0 Å². The van der Waals surface area contributed by atoms with Gasteiger partial charge in [0.25, 0.3) is 0 Å². The van der Waals surface area contributed by atoms with Crippen LogP contribution in [0.15, 0.2) is 54.9 Å². The van der Waals surface area contributed by atoms with Crippen molar-refractivity contribution in [1.82, 2.24) is 15.3 Å². The van der Waals surface area contributed by atoms with Crippen LogP contribution >= 0.6 is 0 Å². The van der Waals surface area contributed by atoms with Crippen molar-refractivity contribution in [3.63, 3.8) is 0 Å². The monoisotopic (exact) mass is 265 g/mol. The number of nitrogens with zero attached hydrogens (tertiary/aromatic N) is 1. The fourth-order valence-corrected chi connectivity index (χ4v) is 2.40. The number of fused-ring (bicyclic) bond motifs is 1. The van der Waals surface area contributed by atoms with Crippen molar-refractivity contribution in [2.24, 2.45) is 0 Å². The minimum Gasteiger partial charge on any atom is -0.349 e. The number of rotatable bonds is 6. The van der Waals surface area contributed by atoms with Crippen LogP contribution in [0.5, 0.6) is 0 Å². The van der Waals surface area contributed by atoms with Gasteiger partial charge in [0, 0.05) is 25.4 Å². The van der Waals surface area contributed by atoms with Crippen LogP contribution in [0, 0.1) is 0 Å². The highest BCUT2D eigenvalue weighted by atomic mass is 14.9. The maximum Gasteiger partial charge on any atom is 0.106 e. The van der Waals surface area contributed by atoms with Gasteiger partial charge in [-0.2, -0.15) is 0 Å². The molecule has 1 aromatic heterocycles. The van der Waals surface area contributed by atoms with Crippen molar-refractivity contribution >= 4 is 10.8 Å². The average molecular weight is 265 g/mol. The quantitative estimate of drug-likeness (QED) is 0.671. The first-order valence-electron chi connectivity index (χ1n) is 7.08. The van der Waals surface area contributed by atoms with E-state index in [0.29, 0.717) is 0 Å². The topological polar surface area (TPSA) is 40.7 Å². The first-order chi connectivity index (χ1) is 9.92. The molecule has 0 aliphatic carbocycles. The molecule has 0 aliphatic rings. The van der Waals surface area contributed by atoms with Gasteiger partial charge in [-0.3, -0.25) is 0 Å². The third-order valence-corrected chi connectivity index (χ3v) is 3.46. The molecule has 0 atom stereocenters. The molecule has 0 saturated heterocycles. The molecule has 0 spiro atoms. The summed E-state index contributed by atoms with van der Waals surface area (Å²) in [5.74, 6) is 1.07. The molecule has 3 nitrogen and oxygen atoms in total. The van der Waals surface area contributed by atoms with Crippen LogP contribution in [0.2, 0.25) is 0 Å². The number of H-pyrrole nitrogens is 1. The Bertz CT molecular complexity index is 659. The lowest BCUT2D eigenvalue weighted by Crippen LogP contribution is -2.15. The molecule has 0 aliphatic heterocycles. The minimum absolute atomic E-state index is 0.920. The van der Waals surface area contributed by atoms with Crippen molar-refractivity contribution in [3.8, 4) is 0 Å². The lowest BCUT2D eigenvalue weighted by molar-refractivity contribution is 0.641. The third kappa shape index (κ3) is 3.25. The maximum atomic E-state index is 4.22. The summed E-state index contributed by atoms with van der Waals surface area (Å²) in [4.78, 5) is 7.35. The Kier molecular flexibility index (Phi) is 4.09. The van der Waals surface area contributed by atoms with E-state index in [1.54, 1.807) is 6.20 Å². The molecule has 3 rings (SSSR count). The lowest BCUT2D eigenvalue weighted by Gasteiger charge is -2.06. The summed E-state index contributed by atoms with van der Waals surface area (Å²) in [5.41, 5.74) is 1.33. The van der Waals surface area contributed by atoms with Crippen molar-refractivity contribution in [2.45, 2.75) is 19.4 Å². The number of hydrogen-bond donors (Lipinski definition) is 2. The summed E-state index contributed by atoms with van der Waals surface area (Å²) >= 11 is 0. The Balaban J connectivity index is 1.47. The molecule has 20 heavy (non-hydrogen) atoms. The van der Waals surface area contributed by atoms with Crippen LogP contribution < -0.4 is 5.32 Å². The van der Waals surface area contributed by atoms with Crippen LogP contribution in [-0.2, 0) is 13.0 Å². The van der Waals surface area contributed by atoms with Gasteiger partial charge in [0.1, 0.15) is 5.82 Å². The van der Waals surface area contributed by atoms with Gasteiger partial charge < -0.3 is 10.3 Å². The summed E-state index contributed by atoms with van der Waals surface area (Å²) in [6, 6.07) is 15.1. The second-order valence-corrected chi connectivity index (χ2v) is 5.00. The highest BCUT2D eigenvalue weighted by Crippen LogP contribution is 2.15. The number of nitrogens with one attached hydrogen (secondary N) is 2. The highest BCUT2D eigenvalue weighted by molar-refractivity contribution is 5.82. The van der Waals surface area contributed by atoms with E-state index in [1.807, 2.05) is 6.20 Å². The van der Waals surface area contributed by atoms with Crippen LogP contribution in [0.1, 0.15) is 17.8 Å². The number of imidazole rings is 1. The molecule has 0 bridgehead atoms. The third-order valence-electron chi connectivity index (χ3n) is 3.46. The summed E-state index contributed by atoms with van der Waals surface area (Å²) in [6.45, 7) is 1.93. The standard InChI is InChI=1S/C17H19N3/c1-2-5-16-12-14(7-8-15(16)4-1)13-18-9-3-6-17-19-10-11-20-17/h1-2,4-5,7-8,10-12,18H,3,6,9,13H2,(H,19,20). The molecular weight excluding hydrogens is 246 g/mol. The first kappa shape index (κ1) is 12.9. The second kappa shape index (κ2) is 6.35. The number of aromatic nitrogens is 2. The molecule has 3 aromatic rings. The van der Waals surface area contributed by atoms with Gasteiger partial charge in [0.05, 0.1) is 0 Å². The fraction of sp³-hybridized carbons (Fsp3) is 0.235. The normalized spacial score (nSPS) is 11.0. The van der Waals surface area contributed by atoms with Gasteiger partial charge in [-0.25, -0.2) is 4.98 Å². The van der Waals surface area contributed by atoms with E-state index in [0.717, 1.165) is 31.8 Å². The molecule has 0 fully saturated rings. The molecule has 2 aromatic carbocycles. The SMILES string of the molecule is c1ccc2cc(CNCCCc3ncc[nH]3)ccc2c1. The molecule has 0 saturated carbocycles. The van der Waals surface area contributed by atoms with Crippen molar-refractivity contribution in [3.05, 3.63) is 66.2 Å². The largest absolute Gasteiger partial charge is 0.349 e. The summed E-state index contributed by atoms with van der Waals surface area (Å²) in [7, 11) is 0. The minimum atomic E-state index is 0.920. The van der Waals surface area contributed by atoms with Crippen molar-refractivity contribution in [1.29, 1.82) is 0 Å². The van der Waals surface area contributed by atoms with Crippen molar-refractivity contribution < 1.29 is 0 Å². The first-order valence-corrected chi connectivity index (χ1v) is 7.08. The molecule has 1 heterocycles. The van der Waals surface area contributed by atoms with E-state index >= 15 is 0 Å². The summed E-state index contributed by atoms with van der Waals surface area (Å²) in [6.07, 6.45) is 5.77. The molecule has 0 amide bonds. The Labute approximate surface area is 119 Å². The van der Waals surface area contributed by atoms with Crippen LogP contribution in [0.4, 0.5) is 0 Å². The average Bonchev–Trinajstić information content (AvgIpc) is 3.00. The predicted molar refractivity (Wildman–Crippen MR) is 82.6 cm³/mol. The van der Waals surface area contributed by atoms with Crippen molar-refractivity contribution in [2.75, 3.05) is 6.54 Å². The van der Waals surface area contributed by atoms with Gasteiger partial charge in [0.2, 0.25) is 0 Å². The molecule has 3 heteroatoms. The number of hydrogen-bond acceptors (Lipinski definition) is 2. The Morgan fingerprint density at radius 3 is 2.80 bits per heavy atom. The number of aryl methyl sites for hydroxylation is 1. The Hall–Kier alpha value is -2.13. The van der Waals surface area contributed by atoms with E-state index in [2.05, 4.69) is 57.7 Å². The molecule has 102 valence electrons. The zero-order valence-corrected chi connectivity index (χ0v) is 11.5. The zero-order chi connectivity index (χ0) is 13.6. The van der Waals surface area contributed by atoms with E-state index in [4.69, 9.17) is 0 Å². The Morgan fingerprint density at radius 1 is 1.05 bits per heavy atom. The van der Waals surface area contributed by atoms with Crippen LogP contribution in [-0.4, -0.2) is 16.5 Å². The van der Waals surface area contributed by atoms with Crippen LogP contribution in [0.3, 0.4) is 0 Å². The predicted octanol–water partition coefficient (Wildman–Crippen LogP) is 3.29. The van der Waals surface area contributed by atoms with Gasteiger partial charge in [-0.05, 0) is 35.4 Å². The van der Waals surface area contributed by atoms with E-state index < -0.39 is 0 Å². The molecular formula is C17H19N3. The van der Waals surface area contributed by atoms with Crippen LogP contribution in [0.25, 0.3) is 10.8 Å².